The minimum absolute atomic E-state index is 0. The Kier molecular flexibility index (Phi) is 21.4. The number of hydrogen-bond donors (Lipinski definition) is 1. The maximum absolute atomic E-state index is 13.4. The Labute approximate surface area is 452 Å². The van der Waals surface area contributed by atoms with E-state index in [2.05, 4.69) is 157 Å². The zero-order valence-corrected chi connectivity index (χ0v) is 46.4. The van der Waals surface area contributed by atoms with E-state index in [0.717, 1.165) is 70.5 Å². The molecule has 0 aliphatic heterocycles. The van der Waals surface area contributed by atoms with E-state index in [1.807, 2.05) is 50.5 Å². The van der Waals surface area contributed by atoms with Gasteiger partial charge in [-0.2, -0.15) is 0 Å². The zero-order valence-electron chi connectivity index (χ0n) is 43.9. The fourth-order valence-electron chi connectivity index (χ4n) is 11.0. The Balaban J connectivity index is 0.00000800. The third-order valence-electron chi connectivity index (χ3n) is 14.8. The number of hydrogen-bond acceptors (Lipinski definition) is 6. The lowest BCUT2D eigenvalue weighted by Gasteiger charge is -2.39. The van der Waals surface area contributed by atoms with Crippen molar-refractivity contribution in [3.8, 4) is 5.88 Å². The molecule has 0 aliphatic rings. The minimum Gasteiger partial charge on any atom is -1.00 e. The summed E-state index contributed by atoms with van der Waals surface area (Å²) >= 11 is 0. The van der Waals surface area contributed by atoms with Gasteiger partial charge in [-0.1, -0.05) is 172 Å². The molecule has 0 saturated carbocycles. The van der Waals surface area contributed by atoms with E-state index in [0.29, 0.717) is 31.9 Å². The smallest absolute Gasteiger partial charge is 0.305 e. The van der Waals surface area contributed by atoms with E-state index in [-0.39, 0.29) is 23.0 Å². The number of halogens is 1. The summed E-state index contributed by atoms with van der Waals surface area (Å²) in [5, 5.41) is 20.9. The van der Waals surface area contributed by atoms with Gasteiger partial charge in [-0.05, 0) is 141 Å². The molecule has 8 heteroatoms. The van der Waals surface area contributed by atoms with E-state index in [1.165, 1.54) is 72.6 Å². The highest BCUT2D eigenvalue weighted by Gasteiger charge is 2.45. The Morgan fingerprint density at radius 3 is 1.77 bits per heavy atom. The number of aromatic nitrogens is 1. The number of rotatable bonds is 28. The molecular formula is C66H76BrN2O4P. The summed E-state index contributed by atoms with van der Waals surface area (Å²) in [6.45, 7) is 1.12. The van der Waals surface area contributed by atoms with E-state index < -0.39 is 18.8 Å². The molecule has 74 heavy (non-hydrogen) atoms. The summed E-state index contributed by atoms with van der Waals surface area (Å²) in [5.74, 6) is -0.0574. The molecule has 8 aromatic rings. The van der Waals surface area contributed by atoms with Crippen LogP contribution in [0.4, 0.5) is 0 Å². The average Bonchev–Trinajstić information content (AvgIpc) is 3.43. The fraction of sp³-hybridized carbons (Fsp3) is 0.333. The first-order chi connectivity index (χ1) is 35.8. The summed E-state index contributed by atoms with van der Waals surface area (Å²) in [6, 6.07) is 67.1. The van der Waals surface area contributed by atoms with E-state index in [9.17, 15) is 9.90 Å². The molecule has 386 valence electrons. The first-order valence-electron chi connectivity index (χ1n) is 26.9. The topological polar surface area (TPSA) is 71.9 Å². The molecular weight excluding hydrogens is 996 g/mol. The molecule has 6 nitrogen and oxygen atoms in total. The lowest BCUT2D eigenvalue weighted by molar-refractivity contribution is -0.143. The number of benzene rings is 7. The number of unbranched alkanes of at least 4 members (excludes halogenated alkanes) is 9. The normalized spacial score (nSPS) is 12.8. The van der Waals surface area contributed by atoms with Crippen LogP contribution in [0.5, 0.6) is 5.88 Å². The van der Waals surface area contributed by atoms with Crippen molar-refractivity contribution in [3.05, 3.63) is 210 Å². The molecule has 1 unspecified atom stereocenters. The highest BCUT2D eigenvalue weighted by Crippen LogP contribution is 2.56. The number of nitrogens with zero attached hydrogens (tertiary/aromatic N) is 2. The lowest BCUT2D eigenvalue weighted by atomic mass is 9.70. The van der Waals surface area contributed by atoms with Crippen molar-refractivity contribution in [3.63, 3.8) is 0 Å². The van der Waals surface area contributed by atoms with Crippen LogP contribution in [-0.4, -0.2) is 61.5 Å². The van der Waals surface area contributed by atoms with Gasteiger partial charge in [0.1, 0.15) is 28.8 Å². The highest BCUT2D eigenvalue weighted by atomic mass is 79.9. The van der Waals surface area contributed by atoms with Crippen LogP contribution in [0.3, 0.4) is 0 Å². The lowest BCUT2D eigenvalue weighted by Crippen LogP contribution is -3.00. The number of fused-ring (bicyclic) bond motifs is 2. The number of aryl methyl sites for hydroxylation is 1. The number of carbonyl (C=O) groups is 1. The standard InChI is InChI=1S/C66H76N2O4P.BrH/c1-68(2)47-46-66(70,61-42-29-34-53-31-24-25-41-59(53)61)64(54-32-15-11-16-33-54)60-51-55-50-52(44-45-62(55)67-65(60)71-3)30-26-27-48-72-63(69)43-23-9-7-5-4-6-8-10-28-49-73(56-35-17-12-18-36-56,57-37-19-13-20-38-57)58-39-21-14-22-40-58;/h11-22,24-25,29,31-42,44-45,50-51,64,70H,4-10,23,26-28,30,43,46-49H2,1-3H3;1H/q+1;/p-1/t64-,66?;/m1./s1. The number of aliphatic hydroxyl groups is 1. The largest absolute Gasteiger partial charge is 1.00 e. The third-order valence-corrected chi connectivity index (χ3v) is 19.3. The molecule has 0 radical (unpaired) electrons. The number of carbonyl (C=O) groups excluding carboxylic acids is 1. The first kappa shape index (κ1) is 56.0. The van der Waals surface area contributed by atoms with Crippen LogP contribution in [0.25, 0.3) is 21.7 Å². The molecule has 0 bridgehead atoms. The number of esters is 1. The van der Waals surface area contributed by atoms with E-state index in [1.54, 1.807) is 7.11 Å². The molecule has 0 saturated heterocycles. The molecule has 1 heterocycles. The van der Waals surface area contributed by atoms with Crippen molar-refractivity contribution in [2.75, 3.05) is 40.5 Å². The summed E-state index contributed by atoms with van der Waals surface area (Å²) in [4.78, 5) is 19.9. The van der Waals surface area contributed by atoms with Crippen molar-refractivity contribution < 1.29 is 36.4 Å². The Morgan fingerprint density at radius 1 is 0.608 bits per heavy atom. The van der Waals surface area contributed by atoms with E-state index >= 15 is 0 Å². The molecule has 0 aliphatic carbocycles. The first-order valence-corrected chi connectivity index (χ1v) is 28.9. The predicted molar refractivity (Wildman–Crippen MR) is 308 cm³/mol. The second-order valence-corrected chi connectivity index (χ2v) is 23.7. The minimum atomic E-state index is -1.75. The number of pyridine rings is 1. The van der Waals surface area contributed by atoms with Crippen LogP contribution < -0.4 is 37.6 Å². The van der Waals surface area contributed by atoms with Crippen molar-refractivity contribution in [1.82, 2.24) is 9.88 Å². The van der Waals surface area contributed by atoms with Gasteiger partial charge in [0.15, 0.2) is 0 Å². The molecule has 0 spiro atoms. The number of methoxy groups -OCH3 is 1. The number of ether oxygens (including phenoxy) is 2. The van der Waals surface area contributed by atoms with Gasteiger partial charge < -0.3 is 36.5 Å². The van der Waals surface area contributed by atoms with Crippen molar-refractivity contribution in [1.29, 1.82) is 0 Å². The Bertz CT molecular complexity index is 2840. The molecule has 0 amide bonds. The Hall–Kier alpha value is -5.69. The summed E-state index contributed by atoms with van der Waals surface area (Å²) in [7, 11) is 4.01. The van der Waals surface area contributed by atoms with Crippen LogP contribution in [0.15, 0.2) is 188 Å². The third kappa shape index (κ3) is 14.2. The van der Waals surface area contributed by atoms with Crippen molar-refractivity contribution >= 4 is 50.8 Å². The molecule has 1 aromatic heterocycles. The highest BCUT2D eigenvalue weighted by molar-refractivity contribution is 7.95. The summed E-state index contributed by atoms with van der Waals surface area (Å²) in [5.41, 5.74) is 3.45. The molecule has 8 rings (SSSR count). The van der Waals surface area contributed by atoms with Crippen LogP contribution in [0, 0.1) is 0 Å². The monoisotopic (exact) mass is 1070 g/mol. The summed E-state index contributed by atoms with van der Waals surface area (Å²) < 4.78 is 11.8. The predicted octanol–water partition coefficient (Wildman–Crippen LogP) is 11.1. The summed E-state index contributed by atoms with van der Waals surface area (Å²) in [6.07, 6.45) is 15.4. The van der Waals surface area contributed by atoms with Crippen LogP contribution >= 0.6 is 7.26 Å². The molecule has 7 aromatic carbocycles. The fourth-order valence-corrected chi connectivity index (χ4v) is 15.4. The van der Waals surface area contributed by atoms with Gasteiger partial charge in [0.2, 0.25) is 5.88 Å². The van der Waals surface area contributed by atoms with Crippen LogP contribution in [-0.2, 0) is 21.6 Å². The van der Waals surface area contributed by atoms with Gasteiger partial charge in [0.05, 0.1) is 25.4 Å². The zero-order chi connectivity index (χ0) is 50.7. The quantitative estimate of drug-likeness (QED) is 0.0299. The molecule has 0 fully saturated rings. The maximum Gasteiger partial charge on any atom is 0.305 e. The molecule has 1 N–H and O–H groups in total. The van der Waals surface area contributed by atoms with E-state index in [4.69, 9.17) is 14.5 Å². The maximum atomic E-state index is 13.4. The van der Waals surface area contributed by atoms with Gasteiger partial charge >= 0.3 is 5.97 Å². The van der Waals surface area contributed by atoms with Gasteiger partial charge in [-0.25, -0.2) is 4.98 Å². The Morgan fingerprint density at radius 2 is 1.16 bits per heavy atom. The second kappa shape index (κ2) is 28.3. The second-order valence-electron chi connectivity index (χ2n) is 20.1. The SMILES string of the molecule is COc1nc2ccc(CCCCOC(=O)CCCCCCCCCCC[P+](c3ccccc3)(c3ccccc3)c3ccccc3)cc2cc1[C@@H](c1ccccc1)C(O)(CCN(C)C)c1cccc2ccccc12.[Br-]. The van der Waals surface area contributed by atoms with Gasteiger partial charge in [-0.15, -0.1) is 0 Å². The van der Waals surface area contributed by atoms with Crippen LogP contribution in [0.2, 0.25) is 0 Å². The van der Waals surface area contributed by atoms with Crippen molar-refractivity contribution in [2.45, 2.75) is 101 Å². The van der Waals surface area contributed by atoms with Crippen LogP contribution in [0.1, 0.15) is 112 Å². The van der Waals surface area contributed by atoms with Gasteiger partial charge in [0.25, 0.3) is 0 Å². The average molecular weight is 1070 g/mol. The van der Waals surface area contributed by atoms with Gasteiger partial charge in [-0.3, -0.25) is 4.79 Å². The van der Waals surface area contributed by atoms with Gasteiger partial charge in [0, 0.05) is 29.8 Å². The van der Waals surface area contributed by atoms with Crippen molar-refractivity contribution in [2.24, 2.45) is 0 Å². The molecule has 2 atom stereocenters.